The predicted octanol–water partition coefficient (Wildman–Crippen LogP) is 1.01. The molecule has 0 amide bonds. The Kier molecular flexibility index (Phi) is 5.22. The van der Waals surface area contributed by atoms with Gasteiger partial charge < -0.3 is 14.9 Å². The first-order chi connectivity index (χ1) is 7.61. The number of hydrogen-bond acceptors (Lipinski definition) is 4. The molecule has 0 aromatic carbocycles. The summed E-state index contributed by atoms with van der Waals surface area (Å²) < 4.78 is 5.26. The molecule has 1 unspecified atom stereocenters. The third-order valence-electron chi connectivity index (χ3n) is 2.03. The topological polar surface area (TPSA) is 62.6 Å². The Hall–Kier alpha value is -1.13. The maximum absolute atomic E-state index is 9.13. The lowest BCUT2D eigenvalue weighted by Gasteiger charge is -2.10. The highest BCUT2D eigenvalue weighted by molar-refractivity contribution is 5.16. The van der Waals surface area contributed by atoms with Crippen LogP contribution in [-0.4, -0.2) is 34.5 Å². The second-order valence-electron chi connectivity index (χ2n) is 4.21. The van der Waals surface area contributed by atoms with Gasteiger partial charge in [0.2, 0.25) is 5.88 Å². The zero-order chi connectivity index (χ0) is 12.0. The van der Waals surface area contributed by atoms with E-state index in [1.807, 2.05) is 12.1 Å². The summed E-state index contributed by atoms with van der Waals surface area (Å²) in [5.41, 5.74) is 0.978. The normalized spacial score (nSPS) is 12.8. The number of ether oxygens (including phenoxy) is 1. The van der Waals surface area contributed by atoms with E-state index in [-0.39, 0.29) is 13.2 Å². The van der Waals surface area contributed by atoms with Crippen molar-refractivity contribution in [3.05, 3.63) is 23.9 Å². The molecular weight excluding hydrogens is 206 g/mol. The van der Waals surface area contributed by atoms with Crippen LogP contribution >= 0.6 is 0 Å². The van der Waals surface area contributed by atoms with E-state index in [0.717, 1.165) is 12.1 Å². The summed E-state index contributed by atoms with van der Waals surface area (Å²) in [5.74, 6) is 1.04. The van der Waals surface area contributed by atoms with E-state index >= 15 is 0 Å². The van der Waals surface area contributed by atoms with Gasteiger partial charge in [-0.05, 0) is 18.4 Å². The molecule has 0 radical (unpaired) electrons. The molecular formula is C12H19NO3. The van der Waals surface area contributed by atoms with Crippen LogP contribution in [0.5, 0.6) is 5.88 Å². The lowest BCUT2D eigenvalue weighted by molar-refractivity contribution is 0.0520. The molecule has 1 aromatic heterocycles. The highest BCUT2D eigenvalue weighted by Crippen LogP contribution is 2.11. The van der Waals surface area contributed by atoms with Gasteiger partial charge in [0.05, 0.1) is 6.61 Å². The Morgan fingerprint density at radius 1 is 1.38 bits per heavy atom. The van der Waals surface area contributed by atoms with E-state index < -0.39 is 6.10 Å². The van der Waals surface area contributed by atoms with Crippen molar-refractivity contribution < 1.29 is 14.9 Å². The molecule has 0 aliphatic heterocycles. The molecule has 1 aromatic rings. The number of rotatable bonds is 6. The molecule has 1 heterocycles. The van der Waals surface area contributed by atoms with E-state index in [0.29, 0.717) is 11.8 Å². The minimum absolute atomic E-state index is 0.0641. The van der Waals surface area contributed by atoms with Crippen LogP contribution in [0.1, 0.15) is 19.5 Å². The Balaban J connectivity index is 2.53. The molecule has 2 N–H and O–H groups in total. The van der Waals surface area contributed by atoms with Crippen molar-refractivity contribution in [2.75, 3.05) is 13.2 Å². The third-order valence-corrected chi connectivity index (χ3v) is 2.03. The van der Waals surface area contributed by atoms with Gasteiger partial charge in [-0.15, -0.1) is 0 Å². The van der Waals surface area contributed by atoms with E-state index in [4.69, 9.17) is 14.9 Å². The summed E-state index contributed by atoms with van der Waals surface area (Å²) in [4.78, 5) is 4.30. The summed E-state index contributed by atoms with van der Waals surface area (Å²) in [5, 5.41) is 17.8. The lowest BCUT2D eigenvalue weighted by atomic mass is 10.1. The smallest absolute Gasteiger partial charge is 0.213 e. The summed E-state index contributed by atoms with van der Waals surface area (Å²) in [6.45, 7) is 4.02. The average molecular weight is 225 g/mol. The van der Waals surface area contributed by atoms with E-state index in [1.54, 1.807) is 6.07 Å². The van der Waals surface area contributed by atoms with E-state index in [1.165, 1.54) is 0 Å². The largest absolute Gasteiger partial charge is 0.475 e. The molecule has 0 fully saturated rings. The monoisotopic (exact) mass is 225 g/mol. The molecule has 0 spiro atoms. The summed E-state index contributed by atoms with van der Waals surface area (Å²) in [6, 6.07) is 5.58. The van der Waals surface area contributed by atoms with Gasteiger partial charge in [0.15, 0.2) is 0 Å². The van der Waals surface area contributed by atoms with Crippen molar-refractivity contribution in [2.45, 2.75) is 26.4 Å². The second kappa shape index (κ2) is 6.45. The maximum Gasteiger partial charge on any atom is 0.213 e. The quantitative estimate of drug-likeness (QED) is 0.758. The Morgan fingerprint density at radius 3 is 2.75 bits per heavy atom. The van der Waals surface area contributed by atoms with E-state index in [2.05, 4.69) is 18.8 Å². The van der Waals surface area contributed by atoms with Crippen molar-refractivity contribution in [1.29, 1.82) is 0 Å². The van der Waals surface area contributed by atoms with Crippen LogP contribution in [0.25, 0.3) is 0 Å². The fourth-order valence-electron chi connectivity index (χ4n) is 1.30. The molecule has 1 rings (SSSR count). The van der Waals surface area contributed by atoms with Crippen LogP contribution in [0.15, 0.2) is 18.2 Å². The fraction of sp³-hybridized carbons (Fsp3) is 0.583. The maximum atomic E-state index is 9.13. The molecule has 1 atom stereocenters. The first-order valence-electron chi connectivity index (χ1n) is 5.49. The SMILES string of the molecule is CC(C)Cc1cccc(OCC(O)CO)n1. The number of nitrogens with zero attached hydrogens (tertiary/aromatic N) is 1. The zero-order valence-electron chi connectivity index (χ0n) is 9.76. The van der Waals surface area contributed by atoms with Crippen molar-refractivity contribution in [1.82, 2.24) is 4.98 Å². The second-order valence-corrected chi connectivity index (χ2v) is 4.21. The molecule has 16 heavy (non-hydrogen) atoms. The van der Waals surface area contributed by atoms with Crippen molar-refractivity contribution in [3.63, 3.8) is 0 Å². The van der Waals surface area contributed by atoms with E-state index in [9.17, 15) is 0 Å². The van der Waals surface area contributed by atoms with Crippen LogP contribution < -0.4 is 4.74 Å². The van der Waals surface area contributed by atoms with Crippen LogP contribution in [0.4, 0.5) is 0 Å². The summed E-state index contributed by atoms with van der Waals surface area (Å²) >= 11 is 0. The van der Waals surface area contributed by atoms with Gasteiger partial charge in [-0.1, -0.05) is 19.9 Å². The van der Waals surface area contributed by atoms with Crippen LogP contribution in [0, 0.1) is 5.92 Å². The van der Waals surface area contributed by atoms with Crippen molar-refractivity contribution >= 4 is 0 Å². The molecule has 0 saturated carbocycles. The van der Waals surface area contributed by atoms with Gasteiger partial charge in [-0.25, -0.2) is 4.98 Å². The number of pyridine rings is 1. The van der Waals surface area contributed by atoms with Gasteiger partial charge in [0, 0.05) is 11.8 Å². The molecule has 4 nitrogen and oxygen atoms in total. The van der Waals surface area contributed by atoms with Crippen LogP contribution in [0.3, 0.4) is 0 Å². The standard InChI is InChI=1S/C12H19NO3/c1-9(2)6-10-4-3-5-12(13-10)16-8-11(15)7-14/h3-5,9,11,14-15H,6-8H2,1-2H3. The van der Waals surface area contributed by atoms with Gasteiger partial charge >= 0.3 is 0 Å². The van der Waals surface area contributed by atoms with Crippen LogP contribution in [-0.2, 0) is 6.42 Å². The predicted molar refractivity (Wildman–Crippen MR) is 61.4 cm³/mol. The van der Waals surface area contributed by atoms with Crippen molar-refractivity contribution in [2.24, 2.45) is 5.92 Å². The molecule has 90 valence electrons. The minimum atomic E-state index is -0.851. The Bertz CT molecular complexity index is 315. The molecule has 0 saturated heterocycles. The Labute approximate surface area is 95.9 Å². The zero-order valence-corrected chi connectivity index (χ0v) is 9.76. The number of aliphatic hydroxyl groups excluding tert-OH is 2. The van der Waals surface area contributed by atoms with Gasteiger partial charge in [-0.2, -0.15) is 0 Å². The minimum Gasteiger partial charge on any atom is -0.475 e. The summed E-state index contributed by atoms with van der Waals surface area (Å²) in [7, 11) is 0. The van der Waals surface area contributed by atoms with Crippen molar-refractivity contribution in [3.8, 4) is 5.88 Å². The molecule has 0 aliphatic rings. The fourth-order valence-corrected chi connectivity index (χ4v) is 1.30. The third kappa shape index (κ3) is 4.59. The highest BCUT2D eigenvalue weighted by Gasteiger charge is 2.05. The summed E-state index contributed by atoms with van der Waals surface area (Å²) in [6.07, 6.45) is 0.0512. The number of aliphatic hydroxyl groups is 2. The molecule has 0 bridgehead atoms. The lowest BCUT2D eigenvalue weighted by Crippen LogP contribution is -2.21. The highest BCUT2D eigenvalue weighted by atomic mass is 16.5. The molecule has 4 heteroatoms. The first-order valence-corrected chi connectivity index (χ1v) is 5.49. The van der Waals surface area contributed by atoms with Gasteiger partial charge in [0.25, 0.3) is 0 Å². The average Bonchev–Trinajstić information content (AvgIpc) is 2.25. The first kappa shape index (κ1) is 12.9. The number of hydrogen-bond donors (Lipinski definition) is 2. The molecule has 0 aliphatic carbocycles. The Morgan fingerprint density at radius 2 is 2.12 bits per heavy atom. The van der Waals surface area contributed by atoms with Gasteiger partial charge in [-0.3, -0.25) is 0 Å². The van der Waals surface area contributed by atoms with Crippen LogP contribution in [0.2, 0.25) is 0 Å². The number of aromatic nitrogens is 1. The van der Waals surface area contributed by atoms with Gasteiger partial charge in [0.1, 0.15) is 12.7 Å².